The number of halogens is 5. The minimum atomic E-state index is -5.76. The van der Waals surface area contributed by atoms with E-state index in [-0.39, 0.29) is 12.0 Å². The Kier molecular flexibility index (Phi) is 2.10. The molecule has 0 spiro atoms. The van der Waals surface area contributed by atoms with Gasteiger partial charge in [-0.15, -0.1) is 0 Å². The van der Waals surface area contributed by atoms with Crippen LogP contribution in [0.1, 0.15) is 0 Å². The first-order chi connectivity index (χ1) is 4.31. The standard InChI is InChI=1S/C4F5O/c5-3(6,1-2-10)4(7,8)9. The molecule has 0 aliphatic heterocycles. The molecular weight excluding hydrogens is 159 g/mol. The SMILES string of the molecule is [O]C#CC(F)(F)C(F)(F)F. The molecule has 10 heavy (non-hydrogen) atoms. The summed E-state index contributed by atoms with van der Waals surface area (Å²) in [5.41, 5.74) is 0. The summed E-state index contributed by atoms with van der Waals surface area (Å²) in [4.78, 5) is 0. The number of rotatable bonds is 0. The van der Waals surface area contributed by atoms with Gasteiger partial charge in [-0.1, -0.05) is 0 Å². The second-order valence-corrected chi connectivity index (χ2v) is 1.30. The van der Waals surface area contributed by atoms with Gasteiger partial charge >= 0.3 is 12.1 Å². The van der Waals surface area contributed by atoms with E-state index in [1.54, 1.807) is 0 Å². The Labute approximate surface area is 52.5 Å². The van der Waals surface area contributed by atoms with E-state index in [0.717, 1.165) is 0 Å². The normalized spacial score (nSPS) is 12.1. The first kappa shape index (κ1) is 9.01. The lowest BCUT2D eigenvalue weighted by atomic mass is 10.3. The highest BCUT2D eigenvalue weighted by molar-refractivity contribution is 5.07. The van der Waals surface area contributed by atoms with Crippen LogP contribution in [-0.2, 0) is 5.11 Å². The summed E-state index contributed by atoms with van der Waals surface area (Å²) >= 11 is 0. The van der Waals surface area contributed by atoms with Crippen molar-refractivity contribution in [2.45, 2.75) is 12.1 Å². The van der Waals surface area contributed by atoms with Gasteiger partial charge in [-0.25, -0.2) is 5.11 Å². The van der Waals surface area contributed by atoms with Crippen molar-refractivity contribution in [2.24, 2.45) is 0 Å². The molecule has 0 unspecified atom stereocenters. The highest BCUT2D eigenvalue weighted by atomic mass is 19.4. The van der Waals surface area contributed by atoms with Crippen molar-refractivity contribution < 1.29 is 27.1 Å². The molecule has 0 fully saturated rings. The molecule has 0 amide bonds. The van der Waals surface area contributed by atoms with Crippen LogP contribution in [0.3, 0.4) is 0 Å². The fraction of sp³-hybridized carbons (Fsp3) is 0.500. The highest BCUT2D eigenvalue weighted by Gasteiger charge is 2.56. The van der Waals surface area contributed by atoms with Crippen molar-refractivity contribution in [2.75, 3.05) is 0 Å². The maximum Gasteiger partial charge on any atom is 0.466 e. The van der Waals surface area contributed by atoms with Crippen LogP contribution in [0.4, 0.5) is 22.0 Å². The fourth-order valence-corrected chi connectivity index (χ4v) is 0.135. The molecule has 0 atom stereocenters. The third kappa shape index (κ3) is 1.76. The van der Waals surface area contributed by atoms with Crippen molar-refractivity contribution in [1.82, 2.24) is 0 Å². The van der Waals surface area contributed by atoms with Crippen LogP contribution in [-0.4, -0.2) is 12.1 Å². The van der Waals surface area contributed by atoms with E-state index < -0.39 is 12.1 Å². The molecule has 1 nitrogen and oxygen atoms in total. The average Bonchev–Trinajstić information content (AvgIpc) is 1.61. The monoisotopic (exact) mass is 159 g/mol. The van der Waals surface area contributed by atoms with Gasteiger partial charge in [0.1, 0.15) is 0 Å². The maximum absolute atomic E-state index is 11.4. The van der Waals surface area contributed by atoms with Gasteiger partial charge in [0.15, 0.2) is 6.11 Å². The van der Waals surface area contributed by atoms with Crippen LogP contribution in [0, 0.1) is 12.0 Å². The molecule has 57 valence electrons. The summed E-state index contributed by atoms with van der Waals surface area (Å²) in [6.45, 7) is 0. The Bertz CT molecular complexity index is 170. The number of hydrogen-bond acceptors (Lipinski definition) is 0. The zero-order valence-corrected chi connectivity index (χ0v) is 4.30. The fourth-order valence-electron chi connectivity index (χ4n) is 0.135. The number of alkyl halides is 5. The summed E-state index contributed by atoms with van der Waals surface area (Å²) in [6.07, 6.45) is -5.52. The van der Waals surface area contributed by atoms with Crippen molar-refractivity contribution in [1.29, 1.82) is 0 Å². The van der Waals surface area contributed by atoms with Crippen LogP contribution < -0.4 is 0 Å². The molecule has 0 saturated carbocycles. The van der Waals surface area contributed by atoms with Crippen LogP contribution >= 0.6 is 0 Å². The van der Waals surface area contributed by atoms with Gasteiger partial charge in [0, 0.05) is 5.92 Å². The summed E-state index contributed by atoms with van der Waals surface area (Å²) in [5, 5.41) is 9.05. The lowest BCUT2D eigenvalue weighted by molar-refractivity contribution is -0.254. The van der Waals surface area contributed by atoms with Gasteiger partial charge in [-0.2, -0.15) is 22.0 Å². The topological polar surface area (TPSA) is 19.9 Å². The molecule has 6 heteroatoms. The molecule has 0 aliphatic rings. The molecule has 0 saturated heterocycles. The van der Waals surface area contributed by atoms with Crippen molar-refractivity contribution in [3.8, 4) is 12.0 Å². The summed E-state index contributed by atoms with van der Waals surface area (Å²) in [5.74, 6) is -4.99. The maximum atomic E-state index is 11.4. The molecule has 1 radical (unpaired) electrons. The molecule has 0 rings (SSSR count). The Hall–Kier alpha value is -0.990. The lowest BCUT2D eigenvalue weighted by Crippen LogP contribution is -2.34. The van der Waals surface area contributed by atoms with Gasteiger partial charge in [0.05, 0.1) is 0 Å². The van der Waals surface area contributed by atoms with Gasteiger partial charge in [-0.05, 0) is 0 Å². The second-order valence-electron chi connectivity index (χ2n) is 1.30. The molecule has 0 aromatic carbocycles. The summed E-state index contributed by atoms with van der Waals surface area (Å²) < 4.78 is 56.0. The van der Waals surface area contributed by atoms with Gasteiger partial charge in [0.25, 0.3) is 0 Å². The van der Waals surface area contributed by atoms with E-state index in [1.165, 1.54) is 0 Å². The van der Waals surface area contributed by atoms with E-state index in [1.807, 2.05) is 0 Å². The van der Waals surface area contributed by atoms with E-state index >= 15 is 0 Å². The van der Waals surface area contributed by atoms with Crippen LogP contribution in [0.15, 0.2) is 0 Å². The molecular formula is C4F5O. The number of hydrogen-bond donors (Lipinski definition) is 0. The quantitative estimate of drug-likeness (QED) is 0.377. The highest BCUT2D eigenvalue weighted by Crippen LogP contribution is 2.34. The van der Waals surface area contributed by atoms with Gasteiger partial charge in [-0.3, -0.25) is 0 Å². The van der Waals surface area contributed by atoms with E-state index in [4.69, 9.17) is 5.11 Å². The molecule has 0 aliphatic carbocycles. The van der Waals surface area contributed by atoms with Crippen molar-refractivity contribution in [3.63, 3.8) is 0 Å². The van der Waals surface area contributed by atoms with Gasteiger partial charge < -0.3 is 0 Å². The minimum Gasteiger partial charge on any atom is -0.224 e. The van der Waals surface area contributed by atoms with Crippen molar-refractivity contribution in [3.05, 3.63) is 0 Å². The predicted octanol–water partition coefficient (Wildman–Crippen LogP) is 1.58. The second kappa shape index (κ2) is 2.33. The predicted molar refractivity (Wildman–Crippen MR) is 19.5 cm³/mol. The Morgan fingerprint density at radius 2 is 1.40 bits per heavy atom. The van der Waals surface area contributed by atoms with E-state index in [0.29, 0.717) is 0 Å². The smallest absolute Gasteiger partial charge is 0.224 e. The Balaban J connectivity index is 4.51. The summed E-state index contributed by atoms with van der Waals surface area (Å²) in [6, 6.07) is 0. The van der Waals surface area contributed by atoms with Crippen molar-refractivity contribution >= 4 is 0 Å². The lowest BCUT2D eigenvalue weighted by Gasteiger charge is -2.11. The zero-order chi connectivity index (χ0) is 8.41. The molecule has 0 bridgehead atoms. The average molecular weight is 159 g/mol. The van der Waals surface area contributed by atoms with E-state index in [2.05, 4.69) is 0 Å². The first-order valence-electron chi connectivity index (χ1n) is 1.90. The minimum absolute atomic E-state index is 0.198. The molecule has 0 aromatic rings. The zero-order valence-electron chi connectivity index (χ0n) is 4.30. The first-order valence-corrected chi connectivity index (χ1v) is 1.90. The third-order valence-corrected chi connectivity index (χ3v) is 0.564. The third-order valence-electron chi connectivity index (χ3n) is 0.564. The molecule has 0 N–H and O–H groups in total. The molecule has 0 heterocycles. The Morgan fingerprint density at radius 3 is 1.50 bits per heavy atom. The molecule has 0 aromatic heterocycles. The van der Waals surface area contributed by atoms with E-state index in [9.17, 15) is 22.0 Å². The van der Waals surface area contributed by atoms with Gasteiger partial charge in [0.2, 0.25) is 0 Å². The summed E-state index contributed by atoms with van der Waals surface area (Å²) in [7, 11) is 0. The Morgan fingerprint density at radius 1 is 1.00 bits per heavy atom. The largest absolute Gasteiger partial charge is 0.466 e. The van der Waals surface area contributed by atoms with Crippen LogP contribution in [0.5, 0.6) is 0 Å². The van der Waals surface area contributed by atoms with Crippen LogP contribution in [0.2, 0.25) is 0 Å². The van der Waals surface area contributed by atoms with Crippen LogP contribution in [0.25, 0.3) is 0 Å².